The number of aliphatic hydroxyl groups excluding tert-OH is 2. The molecule has 75 heavy (non-hydrogen) atoms. The Morgan fingerprint density at radius 1 is 0.440 bits per heavy atom. The van der Waals surface area contributed by atoms with Crippen LogP contribution in [0.1, 0.15) is 252 Å². The van der Waals surface area contributed by atoms with Crippen LogP contribution < -0.4 is 0 Å². The van der Waals surface area contributed by atoms with Crippen molar-refractivity contribution in [3.05, 3.63) is 72.9 Å². The lowest BCUT2D eigenvalue weighted by Crippen LogP contribution is -2.61. The van der Waals surface area contributed by atoms with E-state index in [-0.39, 0.29) is 25.9 Å². The van der Waals surface area contributed by atoms with Crippen molar-refractivity contribution in [3.8, 4) is 0 Å². The van der Waals surface area contributed by atoms with E-state index >= 15 is 0 Å². The summed E-state index contributed by atoms with van der Waals surface area (Å²) in [6.45, 7) is 5.86. The summed E-state index contributed by atoms with van der Waals surface area (Å²) in [6, 6.07) is 0. The topological polar surface area (TPSA) is 175 Å². The van der Waals surface area contributed by atoms with Crippen LogP contribution in [-0.4, -0.2) is 89.2 Å². The monoisotopic (exact) mass is 1050 g/mol. The average Bonchev–Trinajstić information content (AvgIpc) is 3.39. The van der Waals surface area contributed by atoms with Gasteiger partial charge < -0.3 is 39.0 Å². The highest BCUT2D eigenvalue weighted by molar-refractivity contribution is 5.74. The number of esters is 3. The summed E-state index contributed by atoms with van der Waals surface area (Å²) in [5.41, 5.74) is 0. The van der Waals surface area contributed by atoms with E-state index in [2.05, 4.69) is 93.7 Å². The maximum Gasteiger partial charge on any atom is 0.335 e. The molecule has 1 aliphatic rings. The molecule has 0 aromatic carbocycles. The van der Waals surface area contributed by atoms with Crippen molar-refractivity contribution >= 4 is 23.9 Å². The minimum absolute atomic E-state index is 0.0420. The van der Waals surface area contributed by atoms with Gasteiger partial charge >= 0.3 is 23.9 Å². The molecule has 430 valence electrons. The first kappa shape index (κ1) is 69.2. The van der Waals surface area contributed by atoms with Gasteiger partial charge in [0, 0.05) is 19.3 Å². The molecule has 0 amide bonds. The lowest BCUT2D eigenvalue weighted by molar-refractivity contribution is -0.301. The first-order chi connectivity index (χ1) is 36.6. The number of unbranched alkanes of at least 4 members (excludes halogenated alkanes) is 24. The second kappa shape index (κ2) is 50.9. The van der Waals surface area contributed by atoms with Crippen LogP contribution in [0.2, 0.25) is 0 Å². The summed E-state index contributed by atoms with van der Waals surface area (Å²) in [6.07, 6.45) is 51.5. The standard InChI is InChI=1S/C63H106O12/c1-4-7-10-13-16-19-22-25-26-27-28-29-30-33-36-39-42-45-48-51-57(66)74-61-59(68)58(67)60(62(69)70)75-63(61)72-53-54(73-56(65)50-47-44-41-38-35-32-24-21-18-15-12-9-6-3)52-71-55(64)49-46-43-40-37-34-31-23-20-17-14-11-8-5-2/h11,14,16,19-21,23-26,28-29,54,58-61,63,67-68H,4-10,12-13,15,17-18,22,27,30-53H2,1-3H3,(H,69,70)/b14-11-,19-16-,23-20-,24-21-,26-25-,29-28-. The summed E-state index contributed by atoms with van der Waals surface area (Å²) >= 11 is 0. The highest BCUT2D eigenvalue weighted by Gasteiger charge is 2.50. The second-order valence-corrected chi connectivity index (χ2v) is 20.3. The first-order valence-corrected chi connectivity index (χ1v) is 29.9. The Morgan fingerprint density at radius 3 is 1.31 bits per heavy atom. The summed E-state index contributed by atoms with van der Waals surface area (Å²) < 4.78 is 28.4. The van der Waals surface area contributed by atoms with E-state index in [9.17, 15) is 34.5 Å². The van der Waals surface area contributed by atoms with Crippen molar-refractivity contribution in [1.82, 2.24) is 0 Å². The largest absolute Gasteiger partial charge is 0.479 e. The first-order valence-electron chi connectivity index (χ1n) is 29.9. The van der Waals surface area contributed by atoms with Crippen LogP contribution in [0.5, 0.6) is 0 Å². The van der Waals surface area contributed by atoms with Crippen LogP contribution >= 0.6 is 0 Å². The van der Waals surface area contributed by atoms with Crippen LogP contribution in [0.25, 0.3) is 0 Å². The van der Waals surface area contributed by atoms with Gasteiger partial charge in [0.2, 0.25) is 0 Å². The Bertz CT molecular complexity index is 1580. The number of hydrogen-bond donors (Lipinski definition) is 3. The van der Waals surface area contributed by atoms with Gasteiger partial charge in [-0.05, 0) is 109 Å². The predicted molar refractivity (Wildman–Crippen MR) is 303 cm³/mol. The number of carboxylic acid groups (broad SMARTS) is 1. The fraction of sp³-hybridized carbons (Fsp3) is 0.746. The Labute approximate surface area is 455 Å². The number of allylic oxidation sites excluding steroid dienone is 12. The van der Waals surface area contributed by atoms with E-state index in [1.54, 1.807) is 0 Å². The third-order valence-corrected chi connectivity index (χ3v) is 13.2. The van der Waals surface area contributed by atoms with Crippen LogP contribution in [0.3, 0.4) is 0 Å². The molecule has 6 atom stereocenters. The highest BCUT2D eigenvalue weighted by atomic mass is 16.7. The molecule has 1 saturated heterocycles. The molecule has 12 heteroatoms. The number of ether oxygens (including phenoxy) is 5. The van der Waals surface area contributed by atoms with E-state index in [0.717, 1.165) is 141 Å². The zero-order valence-corrected chi connectivity index (χ0v) is 47.3. The number of aliphatic hydroxyl groups is 2. The molecular formula is C63H106O12. The molecule has 0 saturated carbocycles. The molecule has 0 spiro atoms. The third-order valence-electron chi connectivity index (χ3n) is 13.2. The molecule has 1 fully saturated rings. The molecule has 3 N–H and O–H groups in total. The quantitative estimate of drug-likeness (QED) is 0.0228. The summed E-state index contributed by atoms with van der Waals surface area (Å²) in [5, 5.41) is 31.5. The zero-order valence-electron chi connectivity index (χ0n) is 47.3. The van der Waals surface area contributed by atoms with Gasteiger partial charge in [-0.25, -0.2) is 4.79 Å². The zero-order chi connectivity index (χ0) is 54.7. The van der Waals surface area contributed by atoms with E-state index in [0.29, 0.717) is 19.3 Å². The van der Waals surface area contributed by atoms with Gasteiger partial charge in [0.15, 0.2) is 24.6 Å². The number of carboxylic acids is 1. The van der Waals surface area contributed by atoms with E-state index in [1.165, 1.54) is 51.4 Å². The number of aliphatic carboxylic acids is 1. The Hall–Kier alpha value is -3.84. The smallest absolute Gasteiger partial charge is 0.335 e. The number of rotatable bonds is 50. The highest BCUT2D eigenvalue weighted by Crippen LogP contribution is 2.26. The van der Waals surface area contributed by atoms with Gasteiger partial charge in [0.05, 0.1) is 6.61 Å². The van der Waals surface area contributed by atoms with Crippen LogP contribution in [0.15, 0.2) is 72.9 Å². The molecule has 0 radical (unpaired) electrons. The van der Waals surface area contributed by atoms with Crippen molar-refractivity contribution in [2.75, 3.05) is 13.2 Å². The Morgan fingerprint density at radius 2 is 0.827 bits per heavy atom. The van der Waals surface area contributed by atoms with Crippen molar-refractivity contribution in [2.24, 2.45) is 0 Å². The van der Waals surface area contributed by atoms with Gasteiger partial charge in [-0.2, -0.15) is 0 Å². The second-order valence-electron chi connectivity index (χ2n) is 20.3. The van der Waals surface area contributed by atoms with Gasteiger partial charge in [-0.3, -0.25) is 14.4 Å². The maximum absolute atomic E-state index is 13.1. The molecule has 6 unspecified atom stereocenters. The van der Waals surface area contributed by atoms with Gasteiger partial charge in [-0.15, -0.1) is 0 Å². The minimum atomic E-state index is -1.91. The molecular weight excluding hydrogens is 949 g/mol. The van der Waals surface area contributed by atoms with Crippen molar-refractivity contribution in [2.45, 2.75) is 289 Å². The minimum Gasteiger partial charge on any atom is -0.479 e. The fourth-order valence-corrected chi connectivity index (χ4v) is 8.58. The summed E-state index contributed by atoms with van der Waals surface area (Å²) in [7, 11) is 0. The van der Waals surface area contributed by atoms with Gasteiger partial charge in [0.25, 0.3) is 0 Å². The maximum atomic E-state index is 13.1. The molecule has 0 aliphatic carbocycles. The van der Waals surface area contributed by atoms with Crippen molar-refractivity contribution in [3.63, 3.8) is 0 Å². The van der Waals surface area contributed by atoms with Crippen molar-refractivity contribution in [1.29, 1.82) is 0 Å². The van der Waals surface area contributed by atoms with Crippen LogP contribution in [-0.2, 0) is 42.9 Å². The molecule has 0 aromatic heterocycles. The van der Waals surface area contributed by atoms with Crippen molar-refractivity contribution < 1.29 is 58.2 Å². The summed E-state index contributed by atoms with van der Waals surface area (Å²) in [4.78, 5) is 51.1. The molecule has 0 bridgehead atoms. The van der Waals surface area contributed by atoms with Gasteiger partial charge in [0.1, 0.15) is 18.8 Å². The lowest BCUT2D eigenvalue weighted by atomic mass is 9.98. The molecule has 1 rings (SSSR count). The lowest BCUT2D eigenvalue weighted by Gasteiger charge is -2.40. The molecule has 1 heterocycles. The van der Waals surface area contributed by atoms with E-state index in [1.807, 2.05) is 0 Å². The SMILES string of the molecule is CCC/C=C\C/C=C\CCCCCCCC(=O)OCC(COC1OC(C(=O)O)C(O)C(O)C1OC(=O)CCCCCCCC/C=C\C/C=C\C/C=C\CCCCC)OC(=O)CCCCCCC/C=C\CCCCCC. The predicted octanol–water partition coefficient (Wildman–Crippen LogP) is 15.3. The molecule has 1 aliphatic heterocycles. The number of carbonyl (C=O) groups excluding carboxylic acids is 3. The average molecular weight is 1060 g/mol. The van der Waals surface area contributed by atoms with E-state index < -0.39 is 67.3 Å². The Kier molecular flexibility index (Phi) is 47.0. The number of carbonyl (C=O) groups is 4. The van der Waals surface area contributed by atoms with Crippen LogP contribution in [0.4, 0.5) is 0 Å². The van der Waals surface area contributed by atoms with E-state index in [4.69, 9.17) is 23.7 Å². The van der Waals surface area contributed by atoms with Gasteiger partial charge in [-0.1, -0.05) is 196 Å². The molecule has 0 aromatic rings. The fourth-order valence-electron chi connectivity index (χ4n) is 8.58. The summed E-state index contributed by atoms with van der Waals surface area (Å²) in [5.74, 6) is -3.16. The molecule has 12 nitrogen and oxygen atoms in total. The number of hydrogen-bond acceptors (Lipinski definition) is 11. The normalized spacial score (nSPS) is 18.7. The Balaban J connectivity index is 2.69. The third kappa shape index (κ3) is 41.0. The van der Waals surface area contributed by atoms with Crippen LogP contribution in [0, 0.1) is 0 Å².